The minimum atomic E-state index is -0.703. The molecule has 5 heteroatoms. The monoisotopic (exact) mass is 211 g/mol. The van der Waals surface area contributed by atoms with Crippen molar-refractivity contribution in [1.29, 1.82) is 0 Å². The highest BCUT2D eigenvalue weighted by atomic mass is 16.2. The molecular formula is C10H17N3O2. The van der Waals surface area contributed by atoms with E-state index in [1.54, 1.807) is 18.7 Å². The van der Waals surface area contributed by atoms with E-state index in [4.69, 9.17) is 0 Å². The van der Waals surface area contributed by atoms with Crippen molar-refractivity contribution in [3.05, 3.63) is 0 Å². The molecule has 0 bridgehead atoms. The highest BCUT2D eigenvalue weighted by Crippen LogP contribution is 2.21. The summed E-state index contributed by atoms with van der Waals surface area (Å²) >= 11 is 0. The third-order valence-electron chi connectivity index (χ3n) is 3.25. The van der Waals surface area contributed by atoms with Crippen LogP contribution in [-0.4, -0.2) is 48.4 Å². The smallest absolute Gasteiger partial charge is 0.245 e. The van der Waals surface area contributed by atoms with Crippen LogP contribution < -0.4 is 10.6 Å². The Morgan fingerprint density at radius 2 is 2.13 bits per heavy atom. The zero-order valence-corrected chi connectivity index (χ0v) is 9.17. The molecule has 0 radical (unpaired) electrons. The molecule has 0 unspecified atom stereocenters. The van der Waals surface area contributed by atoms with Gasteiger partial charge in [0.1, 0.15) is 5.54 Å². The van der Waals surface area contributed by atoms with Gasteiger partial charge in [0.2, 0.25) is 11.8 Å². The number of hydrogen-bond donors (Lipinski definition) is 2. The second-order valence-electron chi connectivity index (χ2n) is 4.66. The number of nitrogens with one attached hydrogen (secondary N) is 2. The number of carbonyl (C=O) groups is 2. The Labute approximate surface area is 89.2 Å². The molecule has 2 rings (SSSR count). The maximum absolute atomic E-state index is 12.0. The van der Waals surface area contributed by atoms with E-state index in [2.05, 4.69) is 10.6 Å². The summed E-state index contributed by atoms with van der Waals surface area (Å²) < 4.78 is 0. The van der Waals surface area contributed by atoms with Crippen LogP contribution in [0.3, 0.4) is 0 Å². The van der Waals surface area contributed by atoms with Crippen molar-refractivity contribution < 1.29 is 9.59 Å². The first-order valence-electron chi connectivity index (χ1n) is 5.34. The molecule has 15 heavy (non-hydrogen) atoms. The minimum absolute atomic E-state index is 0.0608. The first-order chi connectivity index (χ1) is 7.03. The Morgan fingerprint density at radius 3 is 2.67 bits per heavy atom. The van der Waals surface area contributed by atoms with Crippen molar-refractivity contribution in [2.24, 2.45) is 5.92 Å². The Hall–Kier alpha value is -1.10. The molecule has 84 valence electrons. The van der Waals surface area contributed by atoms with Crippen molar-refractivity contribution in [2.45, 2.75) is 19.4 Å². The number of hydrogen-bond acceptors (Lipinski definition) is 3. The number of carbonyl (C=O) groups excluding carboxylic acids is 2. The summed E-state index contributed by atoms with van der Waals surface area (Å²) in [5.41, 5.74) is -0.703. The molecule has 2 aliphatic heterocycles. The third-order valence-corrected chi connectivity index (χ3v) is 3.25. The highest BCUT2D eigenvalue weighted by molar-refractivity contribution is 5.92. The van der Waals surface area contributed by atoms with E-state index in [1.807, 2.05) is 0 Å². The molecule has 0 saturated carbocycles. The van der Waals surface area contributed by atoms with Crippen LogP contribution >= 0.6 is 0 Å². The summed E-state index contributed by atoms with van der Waals surface area (Å²) in [5, 5.41) is 5.86. The highest BCUT2D eigenvalue weighted by Gasteiger charge is 2.43. The molecule has 2 amide bonds. The summed E-state index contributed by atoms with van der Waals surface area (Å²) in [6.07, 6.45) is 0. The van der Waals surface area contributed by atoms with E-state index in [0.29, 0.717) is 13.1 Å². The summed E-state index contributed by atoms with van der Waals surface area (Å²) in [6.45, 7) is 6.26. The van der Waals surface area contributed by atoms with Crippen LogP contribution in [0.15, 0.2) is 0 Å². The fourth-order valence-corrected chi connectivity index (χ4v) is 1.97. The van der Waals surface area contributed by atoms with Gasteiger partial charge in [-0.3, -0.25) is 9.59 Å². The number of amides is 2. The maximum Gasteiger partial charge on any atom is 0.245 e. The maximum atomic E-state index is 12.0. The Bertz CT molecular complexity index is 297. The van der Waals surface area contributed by atoms with Gasteiger partial charge in [0.25, 0.3) is 0 Å². The van der Waals surface area contributed by atoms with Gasteiger partial charge >= 0.3 is 0 Å². The molecule has 2 heterocycles. The molecule has 2 aliphatic rings. The number of nitrogens with zero attached hydrogens (tertiary/aromatic N) is 1. The van der Waals surface area contributed by atoms with Crippen LogP contribution in [0.2, 0.25) is 0 Å². The second-order valence-corrected chi connectivity index (χ2v) is 4.66. The van der Waals surface area contributed by atoms with Crippen LogP contribution in [0.4, 0.5) is 0 Å². The summed E-state index contributed by atoms with van der Waals surface area (Å²) in [6, 6.07) is 0. The van der Waals surface area contributed by atoms with Gasteiger partial charge in [-0.15, -0.1) is 0 Å². The Balaban J connectivity index is 2.12. The second kappa shape index (κ2) is 3.48. The first-order valence-corrected chi connectivity index (χ1v) is 5.34. The molecule has 0 spiro atoms. The van der Waals surface area contributed by atoms with E-state index in [-0.39, 0.29) is 17.7 Å². The molecule has 2 N–H and O–H groups in total. The standard InChI is InChI=1S/C10H17N3O2/c1-10(2)9(15)12-3-4-13(10)8(14)7-5-11-6-7/h7,11H,3-6H2,1-2H3,(H,12,15). The number of piperazine rings is 1. The largest absolute Gasteiger partial charge is 0.352 e. The molecular weight excluding hydrogens is 194 g/mol. The van der Waals surface area contributed by atoms with Gasteiger partial charge in [-0.05, 0) is 13.8 Å². The van der Waals surface area contributed by atoms with Crippen molar-refractivity contribution in [3.8, 4) is 0 Å². The average Bonchev–Trinajstić information content (AvgIpc) is 2.06. The molecule has 2 saturated heterocycles. The average molecular weight is 211 g/mol. The Kier molecular flexibility index (Phi) is 2.42. The zero-order valence-electron chi connectivity index (χ0n) is 9.17. The fraction of sp³-hybridized carbons (Fsp3) is 0.800. The lowest BCUT2D eigenvalue weighted by molar-refractivity contribution is -0.153. The van der Waals surface area contributed by atoms with Gasteiger partial charge < -0.3 is 15.5 Å². The van der Waals surface area contributed by atoms with Crippen LogP contribution in [0, 0.1) is 5.92 Å². The van der Waals surface area contributed by atoms with E-state index >= 15 is 0 Å². The third kappa shape index (κ3) is 1.61. The summed E-state index contributed by atoms with van der Waals surface area (Å²) in [4.78, 5) is 25.4. The van der Waals surface area contributed by atoms with E-state index in [9.17, 15) is 9.59 Å². The van der Waals surface area contributed by atoms with Crippen LogP contribution in [0.1, 0.15) is 13.8 Å². The van der Waals surface area contributed by atoms with Gasteiger partial charge in [-0.2, -0.15) is 0 Å². The zero-order chi connectivity index (χ0) is 11.1. The number of rotatable bonds is 1. The lowest BCUT2D eigenvalue weighted by Crippen LogP contribution is -2.66. The molecule has 0 aromatic carbocycles. The lowest BCUT2D eigenvalue weighted by atomic mass is 9.94. The lowest BCUT2D eigenvalue weighted by Gasteiger charge is -2.44. The van der Waals surface area contributed by atoms with Gasteiger partial charge in [0.15, 0.2) is 0 Å². The van der Waals surface area contributed by atoms with Crippen molar-refractivity contribution in [2.75, 3.05) is 26.2 Å². The molecule has 0 atom stereocenters. The predicted octanol–water partition coefficient (Wildman–Crippen LogP) is -1.06. The molecule has 0 aromatic rings. The van der Waals surface area contributed by atoms with Crippen LogP contribution in [0.25, 0.3) is 0 Å². The van der Waals surface area contributed by atoms with E-state index in [0.717, 1.165) is 13.1 Å². The van der Waals surface area contributed by atoms with E-state index in [1.165, 1.54) is 0 Å². The molecule has 5 nitrogen and oxygen atoms in total. The van der Waals surface area contributed by atoms with Gasteiger partial charge in [0.05, 0.1) is 5.92 Å². The quantitative estimate of drug-likeness (QED) is 0.581. The topological polar surface area (TPSA) is 61.4 Å². The summed E-state index contributed by atoms with van der Waals surface area (Å²) in [7, 11) is 0. The van der Waals surface area contributed by atoms with Gasteiger partial charge in [-0.25, -0.2) is 0 Å². The molecule has 2 fully saturated rings. The predicted molar refractivity (Wildman–Crippen MR) is 55.2 cm³/mol. The molecule has 0 aromatic heterocycles. The minimum Gasteiger partial charge on any atom is -0.352 e. The molecule has 0 aliphatic carbocycles. The van der Waals surface area contributed by atoms with Crippen molar-refractivity contribution in [1.82, 2.24) is 15.5 Å². The van der Waals surface area contributed by atoms with E-state index < -0.39 is 5.54 Å². The van der Waals surface area contributed by atoms with Gasteiger partial charge in [0, 0.05) is 26.2 Å². The Morgan fingerprint density at radius 1 is 1.47 bits per heavy atom. The fourth-order valence-electron chi connectivity index (χ4n) is 1.97. The first kappa shape index (κ1) is 10.4. The normalized spacial score (nSPS) is 25.7. The summed E-state index contributed by atoms with van der Waals surface area (Å²) in [5.74, 6) is 0.109. The SMILES string of the molecule is CC1(C)C(=O)NCCN1C(=O)C1CNC1. The van der Waals surface area contributed by atoms with Gasteiger partial charge in [-0.1, -0.05) is 0 Å². The van der Waals surface area contributed by atoms with Crippen LogP contribution in [0.5, 0.6) is 0 Å². The van der Waals surface area contributed by atoms with Crippen molar-refractivity contribution in [3.63, 3.8) is 0 Å². The van der Waals surface area contributed by atoms with Crippen molar-refractivity contribution >= 4 is 11.8 Å². The van der Waals surface area contributed by atoms with Crippen LogP contribution in [-0.2, 0) is 9.59 Å².